The molecular formula is C23H25ClN2O5. The molecule has 2 aromatic carbocycles. The van der Waals surface area contributed by atoms with Crippen LogP contribution in [-0.4, -0.2) is 30.9 Å². The number of hydrogen-bond donors (Lipinski definition) is 1. The highest BCUT2D eigenvalue weighted by Crippen LogP contribution is 2.39. The Kier molecular flexibility index (Phi) is 7.78. The zero-order valence-electron chi connectivity index (χ0n) is 17.7. The summed E-state index contributed by atoms with van der Waals surface area (Å²) >= 11 is 5.92. The van der Waals surface area contributed by atoms with Crippen LogP contribution in [0.15, 0.2) is 47.0 Å². The molecule has 0 saturated carbocycles. The summed E-state index contributed by atoms with van der Waals surface area (Å²) in [4.78, 5) is 12.8. The fourth-order valence-electron chi connectivity index (χ4n) is 2.94. The average molecular weight is 445 g/mol. The minimum absolute atomic E-state index is 0.205. The Balaban J connectivity index is 1.74. The van der Waals surface area contributed by atoms with E-state index in [2.05, 4.69) is 10.5 Å². The van der Waals surface area contributed by atoms with Crippen molar-refractivity contribution in [2.45, 2.75) is 27.3 Å². The van der Waals surface area contributed by atoms with Crippen molar-refractivity contribution >= 4 is 17.5 Å². The molecule has 3 aromatic rings. The van der Waals surface area contributed by atoms with Crippen molar-refractivity contribution in [1.82, 2.24) is 10.5 Å². The maximum absolute atomic E-state index is 12.8. The molecule has 0 radical (unpaired) electrons. The smallest absolute Gasteiger partial charge is 0.251 e. The molecule has 0 fully saturated rings. The molecule has 31 heavy (non-hydrogen) atoms. The number of nitrogens with zero attached hydrogens (tertiary/aromatic N) is 1. The standard InChI is InChI=1S/C23H25ClN2O5/c1-4-28-20-11-16(12-21(29-5-2)22(20)30-6-3)23(27)25-14-18-13-19(31-26-18)15-7-9-17(24)10-8-15/h7-13H,4-6,14H2,1-3H3,(H,25,27). The number of aromatic nitrogens is 1. The SMILES string of the molecule is CCOc1cc(C(=O)NCc2cc(-c3ccc(Cl)cc3)on2)cc(OCC)c1OCC. The van der Waals surface area contributed by atoms with Gasteiger partial charge >= 0.3 is 0 Å². The number of rotatable bonds is 10. The second-order valence-electron chi connectivity index (χ2n) is 6.47. The Labute approximate surface area is 186 Å². The largest absolute Gasteiger partial charge is 0.490 e. The van der Waals surface area contributed by atoms with Crippen molar-refractivity contribution in [2.75, 3.05) is 19.8 Å². The topological polar surface area (TPSA) is 82.8 Å². The number of ether oxygens (including phenoxy) is 3. The van der Waals surface area contributed by atoms with Gasteiger partial charge in [-0.3, -0.25) is 4.79 Å². The lowest BCUT2D eigenvalue weighted by Crippen LogP contribution is -2.23. The van der Waals surface area contributed by atoms with Gasteiger partial charge in [0.2, 0.25) is 5.75 Å². The van der Waals surface area contributed by atoms with Crippen molar-refractivity contribution in [3.63, 3.8) is 0 Å². The number of carbonyl (C=O) groups excluding carboxylic acids is 1. The number of amides is 1. The molecule has 7 nitrogen and oxygen atoms in total. The second-order valence-corrected chi connectivity index (χ2v) is 6.91. The first-order chi connectivity index (χ1) is 15.0. The molecule has 0 aliphatic heterocycles. The molecule has 1 heterocycles. The third-order valence-corrected chi connectivity index (χ3v) is 4.54. The maximum atomic E-state index is 12.8. The van der Waals surface area contributed by atoms with Crippen LogP contribution in [0.4, 0.5) is 0 Å². The van der Waals surface area contributed by atoms with E-state index < -0.39 is 0 Å². The predicted molar refractivity (Wildman–Crippen MR) is 118 cm³/mol. The first-order valence-corrected chi connectivity index (χ1v) is 10.5. The number of halogens is 1. The molecule has 0 saturated heterocycles. The lowest BCUT2D eigenvalue weighted by Gasteiger charge is -2.17. The van der Waals surface area contributed by atoms with Crippen LogP contribution in [0.3, 0.4) is 0 Å². The number of benzene rings is 2. The molecule has 1 N–H and O–H groups in total. The molecule has 1 amide bonds. The van der Waals surface area contributed by atoms with Crippen LogP contribution >= 0.6 is 11.6 Å². The molecule has 0 aliphatic carbocycles. The van der Waals surface area contributed by atoms with Gasteiger partial charge in [-0.05, 0) is 57.2 Å². The van der Waals surface area contributed by atoms with Crippen molar-refractivity contribution in [3.8, 4) is 28.6 Å². The van der Waals surface area contributed by atoms with Crippen LogP contribution in [0, 0.1) is 0 Å². The van der Waals surface area contributed by atoms with Gasteiger partial charge in [-0.1, -0.05) is 16.8 Å². The first kappa shape index (κ1) is 22.5. The van der Waals surface area contributed by atoms with Crippen molar-refractivity contribution < 1.29 is 23.5 Å². The molecule has 8 heteroatoms. The second kappa shape index (κ2) is 10.7. The summed E-state index contributed by atoms with van der Waals surface area (Å²) < 4.78 is 22.4. The summed E-state index contributed by atoms with van der Waals surface area (Å²) in [6.07, 6.45) is 0. The summed E-state index contributed by atoms with van der Waals surface area (Å²) in [6.45, 7) is 7.14. The summed E-state index contributed by atoms with van der Waals surface area (Å²) in [6, 6.07) is 12.3. The Hall–Kier alpha value is -3.19. The summed E-state index contributed by atoms with van der Waals surface area (Å²) in [5, 5.41) is 7.51. The number of hydrogen-bond acceptors (Lipinski definition) is 6. The summed E-state index contributed by atoms with van der Waals surface area (Å²) in [7, 11) is 0. The van der Waals surface area contributed by atoms with E-state index in [4.69, 9.17) is 30.3 Å². The van der Waals surface area contributed by atoms with Crippen molar-refractivity contribution in [2.24, 2.45) is 0 Å². The molecule has 0 bridgehead atoms. The third kappa shape index (κ3) is 5.70. The Morgan fingerprint density at radius 1 is 0.968 bits per heavy atom. The van der Waals surface area contributed by atoms with Gasteiger partial charge in [0.05, 0.1) is 26.4 Å². The van der Waals surface area contributed by atoms with E-state index in [0.717, 1.165) is 5.56 Å². The van der Waals surface area contributed by atoms with Crippen molar-refractivity contribution in [1.29, 1.82) is 0 Å². The minimum atomic E-state index is -0.291. The Morgan fingerprint density at radius 3 is 2.16 bits per heavy atom. The lowest BCUT2D eigenvalue weighted by molar-refractivity contribution is 0.0949. The highest BCUT2D eigenvalue weighted by atomic mass is 35.5. The van der Waals surface area contributed by atoms with E-state index in [1.165, 1.54) is 0 Å². The molecule has 0 unspecified atom stereocenters. The molecule has 0 aliphatic rings. The molecular weight excluding hydrogens is 420 g/mol. The van der Waals surface area contributed by atoms with Gasteiger partial charge in [-0.25, -0.2) is 0 Å². The van der Waals surface area contributed by atoms with Crippen LogP contribution < -0.4 is 19.5 Å². The predicted octanol–water partition coefficient (Wildman–Crippen LogP) is 5.12. The quantitative estimate of drug-likeness (QED) is 0.467. The van der Waals surface area contributed by atoms with Gasteiger partial charge in [0, 0.05) is 22.2 Å². The summed E-state index contributed by atoms with van der Waals surface area (Å²) in [5.74, 6) is 1.73. The van der Waals surface area contributed by atoms with Gasteiger partial charge < -0.3 is 24.1 Å². The van der Waals surface area contributed by atoms with Gasteiger partial charge in [0.1, 0.15) is 5.69 Å². The highest BCUT2D eigenvalue weighted by molar-refractivity contribution is 6.30. The zero-order chi connectivity index (χ0) is 22.2. The molecule has 3 rings (SSSR count). The van der Waals surface area contributed by atoms with E-state index >= 15 is 0 Å². The first-order valence-electron chi connectivity index (χ1n) is 10.1. The summed E-state index contributed by atoms with van der Waals surface area (Å²) in [5.41, 5.74) is 1.85. The van der Waals surface area contributed by atoms with Crippen LogP contribution in [-0.2, 0) is 6.54 Å². The fourth-order valence-corrected chi connectivity index (χ4v) is 3.06. The molecule has 164 valence electrons. The van der Waals surface area contributed by atoms with E-state index in [0.29, 0.717) is 59.1 Å². The average Bonchev–Trinajstić information content (AvgIpc) is 3.24. The van der Waals surface area contributed by atoms with Gasteiger partial charge in [-0.15, -0.1) is 0 Å². The van der Waals surface area contributed by atoms with E-state index in [-0.39, 0.29) is 12.5 Å². The van der Waals surface area contributed by atoms with Gasteiger partial charge in [0.15, 0.2) is 17.3 Å². The highest BCUT2D eigenvalue weighted by Gasteiger charge is 2.18. The zero-order valence-corrected chi connectivity index (χ0v) is 18.5. The monoisotopic (exact) mass is 444 g/mol. The lowest BCUT2D eigenvalue weighted by atomic mass is 10.1. The Bertz CT molecular complexity index is 990. The van der Waals surface area contributed by atoms with Crippen molar-refractivity contribution in [3.05, 3.63) is 58.7 Å². The van der Waals surface area contributed by atoms with Crippen LogP contribution in [0.25, 0.3) is 11.3 Å². The third-order valence-electron chi connectivity index (χ3n) is 4.29. The maximum Gasteiger partial charge on any atom is 0.251 e. The van der Waals surface area contributed by atoms with E-state index in [9.17, 15) is 4.79 Å². The fraction of sp³-hybridized carbons (Fsp3) is 0.304. The molecule has 0 spiro atoms. The van der Waals surface area contributed by atoms with Gasteiger partial charge in [-0.2, -0.15) is 0 Å². The Morgan fingerprint density at radius 2 is 1.58 bits per heavy atom. The van der Waals surface area contributed by atoms with Crippen LogP contribution in [0.1, 0.15) is 36.8 Å². The normalized spacial score (nSPS) is 10.6. The minimum Gasteiger partial charge on any atom is -0.490 e. The van der Waals surface area contributed by atoms with E-state index in [1.807, 2.05) is 32.9 Å². The van der Waals surface area contributed by atoms with E-state index in [1.54, 1.807) is 30.3 Å². The number of nitrogens with one attached hydrogen (secondary N) is 1. The van der Waals surface area contributed by atoms with Crippen LogP contribution in [0.5, 0.6) is 17.2 Å². The number of carbonyl (C=O) groups is 1. The molecule has 1 aromatic heterocycles. The molecule has 0 atom stereocenters. The van der Waals surface area contributed by atoms with Crippen LogP contribution in [0.2, 0.25) is 5.02 Å². The van der Waals surface area contributed by atoms with Gasteiger partial charge in [0.25, 0.3) is 5.91 Å².